The van der Waals surface area contributed by atoms with Gasteiger partial charge in [-0.2, -0.15) is 17.6 Å². The summed E-state index contributed by atoms with van der Waals surface area (Å²) in [6.07, 6.45) is 0. The van der Waals surface area contributed by atoms with Crippen LogP contribution >= 0.6 is 0 Å². The summed E-state index contributed by atoms with van der Waals surface area (Å²) < 4.78 is 96.6. The van der Waals surface area contributed by atoms with E-state index in [1.165, 1.54) is 0 Å². The third-order valence-electron chi connectivity index (χ3n) is 3.52. The molecule has 0 aromatic rings. The van der Waals surface area contributed by atoms with Gasteiger partial charge in [0.05, 0.1) is 4.92 Å². The summed E-state index contributed by atoms with van der Waals surface area (Å²) in [6.45, 7) is 0.973. The molecule has 0 saturated heterocycles. The number of hydrogen-bond donors (Lipinski definition) is 0. The zero-order valence-electron chi connectivity index (χ0n) is 10.5. The fourth-order valence-electron chi connectivity index (χ4n) is 2.07. The molecule has 0 aromatic heterocycles. The quantitative estimate of drug-likeness (QED) is 0.337. The third kappa shape index (κ3) is 1.42. The second kappa shape index (κ2) is 4.08. The van der Waals surface area contributed by atoms with Crippen molar-refractivity contribution in [2.75, 3.05) is 0 Å². The van der Waals surface area contributed by atoms with Crippen LogP contribution in [-0.4, -0.2) is 28.0 Å². The first-order valence-corrected chi connectivity index (χ1v) is 5.36. The van der Waals surface area contributed by atoms with Crippen molar-refractivity contribution in [3.05, 3.63) is 21.8 Å². The van der Waals surface area contributed by atoms with Gasteiger partial charge in [0.15, 0.2) is 5.83 Å². The van der Waals surface area contributed by atoms with E-state index in [2.05, 4.69) is 0 Å². The van der Waals surface area contributed by atoms with Crippen LogP contribution in [0.25, 0.3) is 0 Å². The number of halogens is 7. The fourth-order valence-corrected chi connectivity index (χ4v) is 2.07. The van der Waals surface area contributed by atoms with E-state index in [1.807, 2.05) is 0 Å². The topological polar surface area (TPSA) is 43.1 Å². The number of hydrogen-bond acceptors (Lipinski definition) is 2. The van der Waals surface area contributed by atoms with E-state index in [0.717, 1.165) is 0 Å². The Labute approximate surface area is 108 Å². The minimum absolute atomic E-state index is 0.376. The van der Waals surface area contributed by atoms with Gasteiger partial charge in [-0.3, -0.25) is 10.1 Å². The van der Waals surface area contributed by atoms with Crippen molar-refractivity contribution >= 4 is 0 Å². The molecule has 0 heterocycles. The van der Waals surface area contributed by atoms with Gasteiger partial charge in [-0.1, -0.05) is 13.8 Å². The second-order valence-electron chi connectivity index (χ2n) is 4.95. The first-order chi connectivity index (χ1) is 8.70. The summed E-state index contributed by atoms with van der Waals surface area (Å²) in [7, 11) is 0. The molecule has 116 valence electrons. The van der Waals surface area contributed by atoms with Gasteiger partial charge in [0.2, 0.25) is 11.5 Å². The average Bonchev–Trinajstić information content (AvgIpc) is 2.32. The highest BCUT2D eigenvalue weighted by Gasteiger charge is 2.87. The lowest BCUT2D eigenvalue weighted by atomic mass is 9.69. The SMILES string of the molecule is CC(C)C1(F)C(F)=C(F)C(F)([N+](=O)[O-])C(C)(F)C1(F)F. The summed E-state index contributed by atoms with van der Waals surface area (Å²) in [4.78, 5) is 8.03. The normalized spacial score (nSPS) is 41.1. The van der Waals surface area contributed by atoms with Crippen molar-refractivity contribution < 1.29 is 35.7 Å². The highest BCUT2D eigenvalue weighted by molar-refractivity contribution is 5.36. The van der Waals surface area contributed by atoms with Gasteiger partial charge in [-0.15, -0.1) is 0 Å². The number of rotatable bonds is 2. The van der Waals surface area contributed by atoms with Gasteiger partial charge in [0, 0.05) is 5.92 Å². The van der Waals surface area contributed by atoms with E-state index in [1.54, 1.807) is 0 Å². The Kier molecular flexibility index (Phi) is 3.40. The smallest absolute Gasteiger partial charge is 0.261 e. The average molecular weight is 309 g/mol. The molecule has 0 radical (unpaired) electrons. The molecule has 10 heteroatoms. The molecule has 1 aliphatic carbocycles. The van der Waals surface area contributed by atoms with Crippen LogP contribution in [-0.2, 0) is 0 Å². The number of nitrogens with zero attached hydrogens (tertiary/aromatic N) is 1. The second-order valence-corrected chi connectivity index (χ2v) is 4.95. The third-order valence-corrected chi connectivity index (χ3v) is 3.52. The molecule has 0 spiro atoms. The van der Waals surface area contributed by atoms with Crippen LogP contribution < -0.4 is 0 Å². The van der Waals surface area contributed by atoms with Crippen molar-refractivity contribution in [3.8, 4) is 0 Å². The van der Waals surface area contributed by atoms with Gasteiger partial charge in [0.1, 0.15) is 0 Å². The molecule has 0 aliphatic heterocycles. The van der Waals surface area contributed by atoms with Crippen molar-refractivity contribution in [1.82, 2.24) is 0 Å². The molecule has 0 aromatic carbocycles. The maximum Gasteiger partial charge on any atom is 0.452 e. The molecule has 3 nitrogen and oxygen atoms in total. The van der Waals surface area contributed by atoms with Crippen molar-refractivity contribution in [3.63, 3.8) is 0 Å². The van der Waals surface area contributed by atoms with Crippen LogP contribution in [0.4, 0.5) is 30.7 Å². The monoisotopic (exact) mass is 309 g/mol. The predicted octanol–water partition coefficient (Wildman–Crippen LogP) is 3.82. The maximum absolute atomic E-state index is 14.2. The highest BCUT2D eigenvalue weighted by atomic mass is 19.3. The Morgan fingerprint density at radius 1 is 1.05 bits per heavy atom. The highest BCUT2D eigenvalue weighted by Crippen LogP contribution is 2.62. The standard InChI is InChI=1S/C10H10F7NO2/c1-4(2)8(14)5(11)6(12)9(15,18(19)20)7(3,13)10(8,16)17/h4H,1-3H3. The van der Waals surface area contributed by atoms with Crippen molar-refractivity contribution in [2.45, 2.75) is 43.8 Å². The zero-order chi connectivity index (χ0) is 16.3. The molecule has 3 unspecified atom stereocenters. The van der Waals surface area contributed by atoms with Crippen LogP contribution in [0, 0.1) is 16.0 Å². The lowest BCUT2D eigenvalue weighted by Gasteiger charge is -2.46. The minimum Gasteiger partial charge on any atom is -0.261 e. The lowest BCUT2D eigenvalue weighted by molar-refractivity contribution is -0.628. The first kappa shape index (κ1) is 16.7. The molecule has 20 heavy (non-hydrogen) atoms. The molecule has 1 rings (SSSR count). The minimum atomic E-state index is -5.50. The molecule has 0 saturated carbocycles. The van der Waals surface area contributed by atoms with Crippen LogP contribution in [0.3, 0.4) is 0 Å². The fraction of sp³-hybridized carbons (Fsp3) is 0.800. The number of allylic oxidation sites excluding steroid dienone is 1. The lowest BCUT2D eigenvalue weighted by Crippen LogP contribution is -2.73. The Balaban J connectivity index is 3.88. The van der Waals surface area contributed by atoms with Gasteiger partial charge in [-0.05, 0) is 6.92 Å². The Bertz CT molecular complexity index is 490. The molecular formula is C10H10F7NO2. The van der Waals surface area contributed by atoms with E-state index in [-0.39, 0.29) is 6.92 Å². The molecule has 0 bridgehead atoms. The summed E-state index contributed by atoms with van der Waals surface area (Å²) in [6, 6.07) is 0. The van der Waals surface area contributed by atoms with Crippen LogP contribution in [0.5, 0.6) is 0 Å². The first-order valence-electron chi connectivity index (χ1n) is 5.36. The largest absolute Gasteiger partial charge is 0.452 e. The molecule has 0 amide bonds. The summed E-state index contributed by atoms with van der Waals surface area (Å²) in [5.41, 5.74) is -9.46. The predicted molar refractivity (Wildman–Crippen MR) is 53.2 cm³/mol. The molecule has 0 fully saturated rings. The van der Waals surface area contributed by atoms with Crippen molar-refractivity contribution in [2.24, 2.45) is 5.92 Å². The van der Waals surface area contributed by atoms with Gasteiger partial charge < -0.3 is 0 Å². The van der Waals surface area contributed by atoms with Gasteiger partial charge >= 0.3 is 11.7 Å². The summed E-state index contributed by atoms with van der Waals surface area (Å²) in [5.74, 6) is -18.9. The van der Waals surface area contributed by atoms with Crippen LogP contribution in [0.1, 0.15) is 20.8 Å². The van der Waals surface area contributed by atoms with Crippen molar-refractivity contribution in [1.29, 1.82) is 0 Å². The van der Waals surface area contributed by atoms with Gasteiger partial charge in [-0.25, -0.2) is 13.2 Å². The van der Waals surface area contributed by atoms with E-state index in [9.17, 15) is 40.8 Å². The molecule has 1 aliphatic rings. The molecule has 3 atom stereocenters. The zero-order valence-corrected chi connectivity index (χ0v) is 10.5. The summed E-state index contributed by atoms with van der Waals surface area (Å²) in [5, 5.41) is 10.4. The number of alkyl halides is 5. The van der Waals surface area contributed by atoms with E-state index in [0.29, 0.717) is 13.8 Å². The number of nitro groups is 1. The summed E-state index contributed by atoms with van der Waals surface area (Å²) >= 11 is 0. The van der Waals surface area contributed by atoms with Crippen LogP contribution in [0.2, 0.25) is 0 Å². The Morgan fingerprint density at radius 3 is 1.75 bits per heavy atom. The Morgan fingerprint density at radius 2 is 1.45 bits per heavy atom. The van der Waals surface area contributed by atoms with E-state index in [4.69, 9.17) is 0 Å². The Hall–Kier alpha value is -1.35. The van der Waals surface area contributed by atoms with Gasteiger partial charge in [0.25, 0.3) is 5.67 Å². The van der Waals surface area contributed by atoms with E-state index < -0.39 is 45.5 Å². The molecular weight excluding hydrogens is 299 g/mol. The maximum atomic E-state index is 14.2. The molecule has 0 N–H and O–H groups in total. The van der Waals surface area contributed by atoms with E-state index >= 15 is 0 Å². The van der Waals surface area contributed by atoms with Crippen LogP contribution in [0.15, 0.2) is 11.7 Å².